The molecule has 3 N–H and O–H groups in total. The van der Waals surface area contributed by atoms with Crippen molar-refractivity contribution in [2.75, 3.05) is 30.0 Å². The maximum absolute atomic E-state index is 12.2. The first-order valence-electron chi connectivity index (χ1n) is 6.21. The van der Waals surface area contributed by atoms with Gasteiger partial charge in [-0.25, -0.2) is 0 Å². The molecule has 1 amide bonds. The van der Waals surface area contributed by atoms with E-state index in [0.717, 1.165) is 5.69 Å². The first kappa shape index (κ1) is 15.5. The second-order valence-electron chi connectivity index (χ2n) is 4.75. The van der Waals surface area contributed by atoms with Crippen LogP contribution in [0.4, 0.5) is 17.1 Å². The molecule has 6 heteroatoms. The van der Waals surface area contributed by atoms with Gasteiger partial charge in [0, 0.05) is 30.5 Å². The number of nitrogen functional groups attached to an aromatic ring is 1. The van der Waals surface area contributed by atoms with Crippen LogP contribution >= 0.6 is 23.2 Å². The zero-order chi connectivity index (χ0) is 15.6. The molecule has 0 unspecified atom stereocenters. The number of rotatable bonds is 3. The lowest BCUT2D eigenvalue weighted by Gasteiger charge is -2.15. The number of nitrogens with two attached hydrogens (primary N) is 1. The molecule has 21 heavy (non-hydrogen) atoms. The molecule has 0 aliphatic heterocycles. The van der Waals surface area contributed by atoms with Crippen LogP contribution in [0.25, 0.3) is 0 Å². The normalized spacial score (nSPS) is 10.3. The Morgan fingerprint density at radius 3 is 2.43 bits per heavy atom. The van der Waals surface area contributed by atoms with Crippen LogP contribution in [-0.2, 0) is 0 Å². The number of hydrogen-bond acceptors (Lipinski definition) is 3. The van der Waals surface area contributed by atoms with Gasteiger partial charge in [0.25, 0.3) is 5.91 Å². The Morgan fingerprint density at radius 1 is 1.14 bits per heavy atom. The van der Waals surface area contributed by atoms with E-state index in [1.807, 2.05) is 25.1 Å². The summed E-state index contributed by atoms with van der Waals surface area (Å²) in [6.07, 6.45) is 0. The Bertz CT molecular complexity index is 687. The molecule has 0 spiro atoms. The molecule has 0 aliphatic rings. The van der Waals surface area contributed by atoms with Gasteiger partial charge in [0.05, 0.1) is 16.3 Å². The molecule has 0 atom stereocenters. The molecular formula is C15H15Cl2N3O. The lowest BCUT2D eigenvalue weighted by Crippen LogP contribution is -2.14. The largest absolute Gasteiger partial charge is 0.398 e. The van der Waals surface area contributed by atoms with Crippen LogP contribution in [0.5, 0.6) is 0 Å². The summed E-state index contributed by atoms with van der Waals surface area (Å²) in [7, 11) is 3.79. The fourth-order valence-electron chi connectivity index (χ4n) is 1.89. The Labute approximate surface area is 133 Å². The Kier molecular flexibility index (Phi) is 4.60. The van der Waals surface area contributed by atoms with Gasteiger partial charge in [0.1, 0.15) is 0 Å². The van der Waals surface area contributed by atoms with E-state index in [9.17, 15) is 4.79 Å². The summed E-state index contributed by atoms with van der Waals surface area (Å²) in [5.74, 6) is -0.308. The average molecular weight is 324 g/mol. The molecule has 0 aliphatic carbocycles. The third-order valence-corrected chi connectivity index (χ3v) is 3.48. The van der Waals surface area contributed by atoms with Crippen molar-refractivity contribution in [3.63, 3.8) is 0 Å². The van der Waals surface area contributed by atoms with Gasteiger partial charge in [-0.05, 0) is 36.4 Å². The topological polar surface area (TPSA) is 58.4 Å². The predicted octanol–water partition coefficient (Wildman–Crippen LogP) is 3.89. The van der Waals surface area contributed by atoms with E-state index < -0.39 is 0 Å². The quantitative estimate of drug-likeness (QED) is 0.842. The summed E-state index contributed by atoms with van der Waals surface area (Å²) in [4.78, 5) is 14.1. The maximum Gasteiger partial charge on any atom is 0.257 e. The zero-order valence-corrected chi connectivity index (χ0v) is 13.2. The lowest BCUT2D eigenvalue weighted by molar-refractivity contribution is 0.102. The summed E-state index contributed by atoms with van der Waals surface area (Å²) >= 11 is 12.0. The highest BCUT2D eigenvalue weighted by Crippen LogP contribution is 2.28. The number of nitrogens with one attached hydrogen (secondary N) is 1. The highest BCUT2D eigenvalue weighted by molar-refractivity contribution is 6.33. The van der Waals surface area contributed by atoms with Crippen LogP contribution < -0.4 is 16.0 Å². The minimum atomic E-state index is -0.308. The lowest BCUT2D eigenvalue weighted by atomic mass is 10.1. The minimum absolute atomic E-state index is 0.308. The summed E-state index contributed by atoms with van der Waals surface area (Å²) in [6.45, 7) is 0. The number of nitrogens with zero attached hydrogens (tertiary/aromatic N) is 1. The van der Waals surface area contributed by atoms with Crippen LogP contribution in [0.1, 0.15) is 10.4 Å². The maximum atomic E-state index is 12.2. The van der Waals surface area contributed by atoms with Crippen LogP contribution in [0.3, 0.4) is 0 Å². The molecule has 0 fully saturated rings. The number of anilines is 3. The van der Waals surface area contributed by atoms with Gasteiger partial charge in [0.15, 0.2) is 0 Å². The van der Waals surface area contributed by atoms with Crippen molar-refractivity contribution in [2.45, 2.75) is 0 Å². The van der Waals surface area contributed by atoms with Gasteiger partial charge >= 0.3 is 0 Å². The predicted molar refractivity (Wildman–Crippen MR) is 89.6 cm³/mol. The third-order valence-electron chi connectivity index (χ3n) is 2.95. The molecule has 2 aromatic rings. The van der Waals surface area contributed by atoms with Crippen LogP contribution in [0, 0.1) is 0 Å². The van der Waals surface area contributed by atoms with Crippen molar-refractivity contribution in [3.8, 4) is 0 Å². The standard InChI is InChI=1S/C15H15Cl2N3O/c1-20(2)14-6-4-10(8-12(14)17)19-15(21)11-5-3-9(16)7-13(11)18/h3-8H,18H2,1-2H3,(H,19,21). The average Bonchev–Trinajstić information content (AvgIpc) is 2.37. The second-order valence-corrected chi connectivity index (χ2v) is 5.59. The van der Waals surface area contributed by atoms with Crippen molar-refractivity contribution in [2.24, 2.45) is 0 Å². The minimum Gasteiger partial charge on any atom is -0.398 e. The van der Waals surface area contributed by atoms with E-state index in [1.165, 1.54) is 0 Å². The summed E-state index contributed by atoms with van der Waals surface area (Å²) < 4.78 is 0. The van der Waals surface area contributed by atoms with E-state index in [2.05, 4.69) is 5.32 Å². The van der Waals surface area contributed by atoms with E-state index in [0.29, 0.717) is 27.0 Å². The van der Waals surface area contributed by atoms with Gasteiger partial charge in [0.2, 0.25) is 0 Å². The fraction of sp³-hybridized carbons (Fsp3) is 0.133. The third kappa shape index (κ3) is 3.60. The van der Waals surface area contributed by atoms with Crippen molar-refractivity contribution >= 4 is 46.2 Å². The molecule has 4 nitrogen and oxygen atoms in total. The van der Waals surface area contributed by atoms with E-state index in [-0.39, 0.29) is 5.91 Å². The first-order valence-corrected chi connectivity index (χ1v) is 6.97. The van der Waals surface area contributed by atoms with Gasteiger partial charge < -0.3 is 16.0 Å². The number of benzene rings is 2. The second kappa shape index (κ2) is 6.24. The van der Waals surface area contributed by atoms with Crippen LogP contribution in [0.15, 0.2) is 36.4 Å². The molecule has 110 valence electrons. The molecule has 0 bridgehead atoms. The van der Waals surface area contributed by atoms with Gasteiger partial charge in [-0.15, -0.1) is 0 Å². The van der Waals surface area contributed by atoms with Crippen molar-refractivity contribution < 1.29 is 4.79 Å². The highest BCUT2D eigenvalue weighted by Gasteiger charge is 2.11. The van der Waals surface area contributed by atoms with Crippen LogP contribution in [-0.4, -0.2) is 20.0 Å². The van der Waals surface area contributed by atoms with Gasteiger partial charge in [-0.1, -0.05) is 23.2 Å². The first-order chi connectivity index (χ1) is 9.88. The number of carbonyl (C=O) groups is 1. The number of carbonyl (C=O) groups excluding carboxylic acids is 1. The molecular weight excluding hydrogens is 309 g/mol. The monoisotopic (exact) mass is 323 g/mol. The number of amides is 1. The van der Waals surface area contributed by atoms with E-state index >= 15 is 0 Å². The molecule has 0 saturated carbocycles. The molecule has 2 rings (SSSR count). The highest BCUT2D eigenvalue weighted by atomic mass is 35.5. The Balaban J connectivity index is 2.22. The zero-order valence-electron chi connectivity index (χ0n) is 11.7. The fourth-order valence-corrected chi connectivity index (χ4v) is 2.42. The molecule has 0 saturated heterocycles. The Hall–Kier alpha value is -1.91. The molecule has 0 radical (unpaired) electrons. The van der Waals surface area contributed by atoms with Crippen molar-refractivity contribution in [3.05, 3.63) is 52.0 Å². The van der Waals surface area contributed by atoms with Crippen LogP contribution in [0.2, 0.25) is 10.0 Å². The summed E-state index contributed by atoms with van der Waals surface area (Å²) in [6, 6.07) is 10.1. The van der Waals surface area contributed by atoms with Gasteiger partial charge in [-0.3, -0.25) is 4.79 Å². The summed E-state index contributed by atoms with van der Waals surface area (Å²) in [5, 5.41) is 3.81. The smallest absolute Gasteiger partial charge is 0.257 e. The SMILES string of the molecule is CN(C)c1ccc(NC(=O)c2ccc(Cl)cc2N)cc1Cl. The Morgan fingerprint density at radius 2 is 1.86 bits per heavy atom. The van der Waals surface area contributed by atoms with E-state index in [1.54, 1.807) is 30.3 Å². The molecule has 0 heterocycles. The molecule has 0 aromatic heterocycles. The number of halogens is 2. The molecule has 2 aromatic carbocycles. The summed E-state index contributed by atoms with van der Waals surface area (Å²) in [5.41, 5.74) is 7.97. The number of hydrogen-bond donors (Lipinski definition) is 2. The van der Waals surface area contributed by atoms with Gasteiger partial charge in [-0.2, -0.15) is 0 Å². The van der Waals surface area contributed by atoms with Crippen molar-refractivity contribution in [1.82, 2.24) is 0 Å². The van der Waals surface area contributed by atoms with E-state index in [4.69, 9.17) is 28.9 Å². The van der Waals surface area contributed by atoms with Crippen molar-refractivity contribution in [1.29, 1.82) is 0 Å².